The van der Waals surface area contributed by atoms with E-state index in [1.165, 1.54) is 38.5 Å². The van der Waals surface area contributed by atoms with E-state index in [2.05, 4.69) is 13.0 Å². The van der Waals surface area contributed by atoms with Crippen molar-refractivity contribution in [1.82, 2.24) is 0 Å². The Kier molecular flexibility index (Phi) is 6.20. The molecule has 0 amide bonds. The second kappa shape index (κ2) is 7.48. The highest BCUT2D eigenvalue weighted by molar-refractivity contribution is 5.90. The lowest BCUT2D eigenvalue weighted by Gasteiger charge is -1.98. The molecule has 1 aliphatic rings. The van der Waals surface area contributed by atoms with Gasteiger partial charge in [-0.2, -0.15) is 0 Å². The summed E-state index contributed by atoms with van der Waals surface area (Å²) in [6.07, 6.45) is 11.8. The molecule has 1 saturated heterocycles. The van der Waals surface area contributed by atoms with E-state index < -0.39 is 0 Å². The van der Waals surface area contributed by atoms with E-state index in [0.717, 1.165) is 18.4 Å². The molecular weight excluding hydrogens is 200 g/mol. The minimum atomic E-state index is -0.0986. The van der Waals surface area contributed by atoms with Crippen LogP contribution < -0.4 is 0 Å². The fourth-order valence-corrected chi connectivity index (χ4v) is 2.06. The van der Waals surface area contributed by atoms with Crippen molar-refractivity contribution in [2.24, 2.45) is 0 Å². The van der Waals surface area contributed by atoms with E-state index in [9.17, 15) is 4.79 Å². The van der Waals surface area contributed by atoms with Gasteiger partial charge in [0, 0.05) is 12.0 Å². The molecule has 0 aliphatic carbocycles. The van der Waals surface area contributed by atoms with Crippen molar-refractivity contribution in [2.75, 3.05) is 0 Å². The number of allylic oxidation sites excluding steroid dienone is 1. The molecule has 92 valence electrons. The van der Waals surface area contributed by atoms with Gasteiger partial charge in [0.1, 0.15) is 6.10 Å². The predicted molar refractivity (Wildman–Crippen MR) is 66.2 cm³/mol. The molecule has 1 aliphatic heterocycles. The van der Waals surface area contributed by atoms with Gasteiger partial charge in [-0.1, -0.05) is 45.1 Å². The Morgan fingerprint density at radius 2 is 1.94 bits per heavy atom. The molecule has 1 fully saturated rings. The van der Waals surface area contributed by atoms with Crippen LogP contribution in [0.1, 0.15) is 65.2 Å². The van der Waals surface area contributed by atoms with Crippen LogP contribution in [0.3, 0.4) is 0 Å². The van der Waals surface area contributed by atoms with Crippen molar-refractivity contribution in [3.8, 4) is 0 Å². The Labute approximate surface area is 99.1 Å². The van der Waals surface area contributed by atoms with E-state index in [0.29, 0.717) is 0 Å². The number of hydrogen-bond donors (Lipinski definition) is 0. The minimum absolute atomic E-state index is 0.0864. The number of ether oxygens (including phenoxy) is 1. The first-order chi connectivity index (χ1) is 7.74. The molecule has 0 N–H and O–H groups in total. The second-order valence-electron chi connectivity index (χ2n) is 4.71. The maximum atomic E-state index is 11.3. The van der Waals surface area contributed by atoms with Crippen LogP contribution in [-0.4, -0.2) is 12.1 Å². The third kappa shape index (κ3) is 4.82. The van der Waals surface area contributed by atoms with Crippen molar-refractivity contribution in [2.45, 2.75) is 71.3 Å². The van der Waals surface area contributed by atoms with E-state index in [4.69, 9.17) is 4.74 Å². The summed E-state index contributed by atoms with van der Waals surface area (Å²) in [5.41, 5.74) is 0.890. The normalized spacial score (nSPS) is 22.8. The SMILES string of the molecule is CCCCCCCCC=C1CC(C)OC1=O. The van der Waals surface area contributed by atoms with Crippen molar-refractivity contribution < 1.29 is 9.53 Å². The van der Waals surface area contributed by atoms with Gasteiger partial charge in [-0.3, -0.25) is 0 Å². The lowest BCUT2D eigenvalue weighted by molar-refractivity contribution is -0.138. The zero-order valence-corrected chi connectivity index (χ0v) is 10.6. The average Bonchev–Trinajstić information content (AvgIpc) is 2.56. The number of carbonyl (C=O) groups is 1. The monoisotopic (exact) mass is 224 g/mol. The molecular formula is C14H24O2. The molecule has 1 unspecified atom stereocenters. The predicted octanol–water partition coefficient (Wildman–Crippen LogP) is 4.00. The van der Waals surface area contributed by atoms with Crippen LogP contribution in [0.25, 0.3) is 0 Å². The Morgan fingerprint density at radius 1 is 1.25 bits per heavy atom. The van der Waals surface area contributed by atoms with E-state index >= 15 is 0 Å². The number of rotatable bonds is 7. The summed E-state index contributed by atoms with van der Waals surface area (Å²) in [5.74, 6) is -0.0986. The fraction of sp³-hybridized carbons (Fsp3) is 0.786. The number of unbranched alkanes of at least 4 members (excludes halogenated alkanes) is 6. The van der Waals surface area contributed by atoms with Gasteiger partial charge < -0.3 is 4.74 Å². The largest absolute Gasteiger partial charge is 0.459 e. The topological polar surface area (TPSA) is 26.3 Å². The van der Waals surface area contributed by atoms with E-state index in [-0.39, 0.29) is 12.1 Å². The first kappa shape index (κ1) is 13.3. The van der Waals surface area contributed by atoms with Crippen LogP contribution in [0.5, 0.6) is 0 Å². The Hall–Kier alpha value is -0.790. The van der Waals surface area contributed by atoms with Crippen LogP contribution >= 0.6 is 0 Å². The van der Waals surface area contributed by atoms with Gasteiger partial charge in [-0.05, 0) is 19.8 Å². The Balaban J connectivity index is 2.06. The molecule has 0 radical (unpaired) electrons. The molecule has 0 aromatic heterocycles. The van der Waals surface area contributed by atoms with Gasteiger partial charge in [0.2, 0.25) is 0 Å². The summed E-state index contributed by atoms with van der Waals surface area (Å²) < 4.78 is 5.08. The standard InChI is InChI=1S/C14H24O2/c1-3-4-5-6-7-8-9-10-13-11-12(2)16-14(13)15/h10,12H,3-9,11H2,1-2H3. The van der Waals surface area contributed by atoms with Gasteiger partial charge >= 0.3 is 5.97 Å². The van der Waals surface area contributed by atoms with Gasteiger partial charge in [0.25, 0.3) is 0 Å². The molecule has 0 saturated carbocycles. The quantitative estimate of drug-likeness (QED) is 0.371. The van der Waals surface area contributed by atoms with Crippen LogP contribution in [0.15, 0.2) is 11.6 Å². The molecule has 2 nitrogen and oxygen atoms in total. The van der Waals surface area contributed by atoms with Crippen molar-refractivity contribution in [3.63, 3.8) is 0 Å². The van der Waals surface area contributed by atoms with Crippen molar-refractivity contribution in [1.29, 1.82) is 0 Å². The van der Waals surface area contributed by atoms with Crippen LogP contribution in [0.4, 0.5) is 0 Å². The molecule has 2 heteroatoms. The molecule has 0 bridgehead atoms. The van der Waals surface area contributed by atoms with E-state index in [1.54, 1.807) is 0 Å². The van der Waals surface area contributed by atoms with Crippen LogP contribution in [0.2, 0.25) is 0 Å². The van der Waals surface area contributed by atoms with Gasteiger partial charge in [0.05, 0.1) is 0 Å². The lowest BCUT2D eigenvalue weighted by atomic mass is 10.1. The highest BCUT2D eigenvalue weighted by Crippen LogP contribution is 2.20. The maximum Gasteiger partial charge on any atom is 0.334 e. The minimum Gasteiger partial charge on any atom is -0.459 e. The molecule has 0 aromatic carbocycles. The highest BCUT2D eigenvalue weighted by atomic mass is 16.5. The molecule has 1 atom stereocenters. The second-order valence-corrected chi connectivity index (χ2v) is 4.71. The summed E-state index contributed by atoms with van der Waals surface area (Å²) in [7, 11) is 0. The molecule has 0 aromatic rings. The van der Waals surface area contributed by atoms with Crippen molar-refractivity contribution in [3.05, 3.63) is 11.6 Å². The third-order valence-electron chi connectivity index (χ3n) is 3.03. The molecule has 1 heterocycles. The van der Waals surface area contributed by atoms with Crippen LogP contribution in [0, 0.1) is 0 Å². The fourth-order valence-electron chi connectivity index (χ4n) is 2.06. The Bertz CT molecular complexity index is 243. The third-order valence-corrected chi connectivity index (χ3v) is 3.03. The van der Waals surface area contributed by atoms with E-state index in [1.807, 2.05) is 6.92 Å². The number of cyclic esters (lactones) is 1. The van der Waals surface area contributed by atoms with Crippen molar-refractivity contribution >= 4 is 5.97 Å². The first-order valence-corrected chi connectivity index (χ1v) is 6.64. The van der Waals surface area contributed by atoms with Gasteiger partial charge in [-0.15, -0.1) is 0 Å². The maximum absolute atomic E-state index is 11.3. The summed E-state index contributed by atoms with van der Waals surface area (Å²) in [5, 5.41) is 0. The smallest absolute Gasteiger partial charge is 0.334 e. The zero-order valence-electron chi connectivity index (χ0n) is 10.6. The van der Waals surface area contributed by atoms with Gasteiger partial charge in [-0.25, -0.2) is 4.79 Å². The number of hydrogen-bond acceptors (Lipinski definition) is 2. The highest BCUT2D eigenvalue weighted by Gasteiger charge is 2.24. The summed E-state index contributed by atoms with van der Waals surface area (Å²) in [4.78, 5) is 11.3. The average molecular weight is 224 g/mol. The van der Waals surface area contributed by atoms with Crippen LogP contribution in [-0.2, 0) is 9.53 Å². The number of carbonyl (C=O) groups excluding carboxylic acids is 1. The summed E-state index contributed by atoms with van der Waals surface area (Å²) >= 11 is 0. The summed E-state index contributed by atoms with van der Waals surface area (Å²) in [6.45, 7) is 4.18. The zero-order chi connectivity index (χ0) is 11.8. The lowest BCUT2D eigenvalue weighted by Crippen LogP contribution is -1.99. The Morgan fingerprint density at radius 3 is 2.56 bits per heavy atom. The number of esters is 1. The molecule has 16 heavy (non-hydrogen) atoms. The first-order valence-electron chi connectivity index (χ1n) is 6.64. The molecule has 1 rings (SSSR count). The summed E-state index contributed by atoms with van der Waals surface area (Å²) in [6, 6.07) is 0. The molecule has 0 spiro atoms. The van der Waals surface area contributed by atoms with Gasteiger partial charge in [0.15, 0.2) is 0 Å².